The van der Waals surface area contributed by atoms with Gasteiger partial charge in [0.05, 0.1) is 0 Å². The zero-order valence-corrected chi connectivity index (χ0v) is 89.3. The molecule has 0 aromatic rings. The van der Waals surface area contributed by atoms with Crippen LogP contribution in [0.1, 0.15) is 0 Å². The quantitative estimate of drug-likeness (QED) is 0.0541. The van der Waals surface area contributed by atoms with Crippen molar-refractivity contribution in [1.29, 1.82) is 0 Å². The van der Waals surface area contributed by atoms with Crippen LogP contribution < -0.4 is 0 Å². The molecule has 0 aromatic carbocycles. The van der Waals surface area contributed by atoms with Crippen molar-refractivity contribution in [3.63, 3.8) is 0 Å². The molecule has 0 bridgehead atoms. The van der Waals surface area contributed by atoms with Gasteiger partial charge in [-0.2, -0.15) is 0 Å². The molecular formula is C30H128Si27. The smallest absolute Gasteiger partial charge is 0.0410 e. The molecule has 0 saturated carbocycles. The van der Waals surface area contributed by atoms with Gasteiger partial charge in [-0.3, -0.25) is 0 Å². The lowest BCUT2D eigenvalue weighted by atomic mass is 11.7. The van der Waals surface area contributed by atoms with E-state index in [1.807, 2.05) is 0 Å². The Hall–Kier alpha value is 5.86. The standard InChI is InChI=1S/C7H24Si4.C6H22Si4.C4H20Si5.C4H18Si4.C4H16Si3.C3H16Si4.C2H12Si3/c1-8-5-11(4,6-9-2)7-10-3;1-7-4-10(5-8-2)6-9-3;5-1-9(2-6,3-7)4-8;1-8(2-5,3-6)4-7;1-5-3-7-4-6-2;4-1-7(2-5)3-6;3-1-5-2-4/h5-10H2,1-4H3;10H,4-9H2,1-3H3;1-4H2,5-8H3;2-4H2,1,5-7H3;3-7H2,1-2H3;7H,1-3H2,4-6H3;1-2,5H2,3-4H3. The molecule has 0 fully saturated rings. The van der Waals surface area contributed by atoms with E-state index < -0.39 is 24.2 Å². The average molecular weight is 1250 g/mol. The highest BCUT2D eigenvalue weighted by molar-refractivity contribution is 6.95. The molecule has 0 rings (SSSR count). The van der Waals surface area contributed by atoms with E-state index in [0.717, 1.165) is 0 Å². The first-order valence-electron chi connectivity index (χ1n) is 27.1. The molecule has 0 atom stereocenters. The molecule has 0 amide bonds. The minimum atomic E-state index is -0.564. The third kappa shape index (κ3) is 61.9. The van der Waals surface area contributed by atoms with Gasteiger partial charge in [-0.15, -0.1) is 0 Å². The van der Waals surface area contributed by atoms with Crippen LogP contribution in [0.5, 0.6) is 0 Å². The Morgan fingerprint density at radius 1 is 0.351 bits per heavy atom. The summed E-state index contributed by atoms with van der Waals surface area (Å²) < 4.78 is 0. The first-order chi connectivity index (χ1) is 27.1. The van der Waals surface area contributed by atoms with Gasteiger partial charge >= 0.3 is 0 Å². The Labute approximate surface area is 433 Å². The highest BCUT2D eigenvalue weighted by Gasteiger charge is 2.23. The van der Waals surface area contributed by atoms with Gasteiger partial charge in [-0.05, 0) is 123 Å². The van der Waals surface area contributed by atoms with Crippen molar-refractivity contribution in [2.75, 3.05) is 0 Å². The van der Waals surface area contributed by atoms with E-state index >= 15 is 0 Å². The fourth-order valence-corrected chi connectivity index (χ4v) is 152. The van der Waals surface area contributed by atoms with Crippen LogP contribution >= 0.6 is 0 Å². The summed E-state index contributed by atoms with van der Waals surface area (Å²) in [4.78, 5) is 0. The molecular weight excluding hydrogens is 1120 g/mol. The van der Waals surface area contributed by atoms with Gasteiger partial charge in [0.1, 0.15) is 0 Å². The summed E-state index contributed by atoms with van der Waals surface area (Å²) in [5.74, 6) is 0. The fraction of sp³-hybridized carbons (Fsp3) is 1.00. The van der Waals surface area contributed by atoms with Crippen molar-refractivity contribution >= 4 is 260 Å². The van der Waals surface area contributed by atoms with Gasteiger partial charge in [0.2, 0.25) is 0 Å². The van der Waals surface area contributed by atoms with Crippen LogP contribution in [0.25, 0.3) is 0 Å². The zero-order chi connectivity index (χ0) is 45.9. The Morgan fingerprint density at radius 2 is 0.649 bits per heavy atom. The van der Waals surface area contributed by atoms with Crippen molar-refractivity contribution in [3.8, 4) is 0 Å². The van der Waals surface area contributed by atoms with Gasteiger partial charge in [-0.1, -0.05) is 179 Å². The van der Waals surface area contributed by atoms with Crippen molar-refractivity contribution in [2.45, 2.75) is 179 Å². The van der Waals surface area contributed by atoms with Crippen molar-refractivity contribution in [1.82, 2.24) is 0 Å². The first-order valence-corrected chi connectivity index (χ1v) is 81.4. The lowest BCUT2D eigenvalue weighted by Gasteiger charge is -2.25. The highest BCUT2D eigenvalue weighted by Crippen LogP contribution is 2.19. The first kappa shape index (κ1) is 77.1. The van der Waals surface area contributed by atoms with Gasteiger partial charge in [0.15, 0.2) is 0 Å². The largest absolute Gasteiger partial charge is 0.0752 e. The molecule has 356 valence electrons. The molecule has 0 aliphatic rings. The summed E-state index contributed by atoms with van der Waals surface area (Å²) in [7, 11) is 20.8. The van der Waals surface area contributed by atoms with E-state index in [-0.39, 0.29) is 17.6 Å². The summed E-state index contributed by atoms with van der Waals surface area (Å²) in [5.41, 5.74) is 34.4. The topological polar surface area (TPSA) is 0 Å². The minimum Gasteiger partial charge on any atom is -0.0752 e. The van der Waals surface area contributed by atoms with Crippen LogP contribution in [-0.2, 0) is 0 Å². The van der Waals surface area contributed by atoms with Crippen LogP contribution in [0.3, 0.4) is 0 Å². The maximum atomic E-state index is 2.69. The fourth-order valence-electron chi connectivity index (χ4n) is 7.99. The molecule has 0 heterocycles. The molecule has 0 N–H and O–H groups in total. The lowest BCUT2D eigenvalue weighted by molar-refractivity contribution is 1.51. The maximum Gasteiger partial charge on any atom is 0.0410 e. The molecule has 0 saturated heterocycles. The molecule has 27 heteroatoms. The van der Waals surface area contributed by atoms with Crippen LogP contribution in [0.4, 0.5) is 0 Å². The van der Waals surface area contributed by atoms with Crippen molar-refractivity contribution in [3.05, 3.63) is 0 Å². The van der Waals surface area contributed by atoms with E-state index in [4.69, 9.17) is 0 Å². The molecule has 0 nitrogen and oxygen atoms in total. The van der Waals surface area contributed by atoms with E-state index in [9.17, 15) is 0 Å². The second-order valence-corrected chi connectivity index (χ2v) is 97.9. The van der Waals surface area contributed by atoms with E-state index in [1.54, 1.807) is 113 Å². The Balaban J connectivity index is -0.000000104. The van der Waals surface area contributed by atoms with Crippen LogP contribution in [0.2, 0.25) is 179 Å². The number of rotatable bonds is 28. The van der Waals surface area contributed by atoms with Gasteiger partial charge in [0, 0.05) is 137 Å². The summed E-state index contributed by atoms with van der Waals surface area (Å²) >= 11 is 0. The molecule has 0 aromatic heterocycles. The van der Waals surface area contributed by atoms with Gasteiger partial charge in [0.25, 0.3) is 0 Å². The lowest BCUT2D eigenvalue weighted by Crippen LogP contribution is -2.34. The summed E-state index contributed by atoms with van der Waals surface area (Å²) in [6, 6.07) is 0. The van der Waals surface area contributed by atoms with Gasteiger partial charge in [-0.25, -0.2) is 0 Å². The third-order valence-electron chi connectivity index (χ3n) is 13.9. The van der Waals surface area contributed by atoms with Crippen molar-refractivity contribution < 1.29 is 0 Å². The molecule has 0 radical (unpaired) electrons. The van der Waals surface area contributed by atoms with Gasteiger partial charge < -0.3 is 0 Å². The summed E-state index contributed by atoms with van der Waals surface area (Å²) in [5, 5.41) is 0. The molecule has 0 spiro atoms. The summed E-state index contributed by atoms with van der Waals surface area (Å²) in [6.45, 7) is 25.1. The SMILES string of the molecule is C[SiH2]C[SiH2]C[SiH2]C.C[SiH2]C[SiH](C[SiH2]C)C[SiH2]C.C[SiH2]C[Si](C)(C[SiH2]C)C[SiH2]C.C[Si](C[SiH3])(C[SiH3])C[SiH3].[SiH3]C[SiH2]C[SiH3].[SiH3]C[SiH](C[SiH3])C[SiH3].[SiH3]C[Si](C[SiH3])(C[SiH3])C[SiH3]. The zero-order valence-electron chi connectivity index (χ0n) is 45.9. The predicted octanol–water partition coefficient (Wildman–Crippen LogP) is -10.8. The molecule has 57 heavy (non-hydrogen) atoms. The molecule has 0 aliphatic carbocycles. The maximum absolute atomic E-state index is 2.69. The van der Waals surface area contributed by atoms with Crippen LogP contribution in [-0.4, -0.2) is 260 Å². The van der Waals surface area contributed by atoms with Crippen LogP contribution in [0.15, 0.2) is 0 Å². The van der Waals surface area contributed by atoms with Crippen LogP contribution in [0, 0.1) is 0 Å². The average Bonchev–Trinajstić information content (AvgIpc) is 3.22. The molecule has 0 unspecified atom stereocenters. The second-order valence-electron chi connectivity index (χ2n) is 18.6. The van der Waals surface area contributed by atoms with Crippen molar-refractivity contribution in [2.24, 2.45) is 0 Å². The minimum absolute atomic E-state index is 0.0139. The Bertz CT molecular complexity index is 592. The number of hydrogen-bond acceptors (Lipinski definition) is 0. The van der Waals surface area contributed by atoms with E-state index in [0.29, 0.717) is 95.2 Å². The normalized spacial score (nSPS) is 17.2. The second kappa shape index (κ2) is 63.9. The van der Waals surface area contributed by atoms with E-state index in [1.165, 1.54) is 123 Å². The monoisotopic (exact) mass is 1240 g/mol. The van der Waals surface area contributed by atoms with E-state index in [2.05, 4.69) is 65.5 Å². The third-order valence-corrected chi connectivity index (χ3v) is 125. The Kier molecular flexibility index (Phi) is 86.5. The highest BCUT2D eigenvalue weighted by atomic mass is 28.4. The predicted molar refractivity (Wildman–Crippen MR) is 391 cm³/mol. The molecule has 0 aliphatic heterocycles. The Morgan fingerprint density at radius 3 is 0.754 bits per heavy atom. The summed E-state index contributed by atoms with van der Waals surface area (Å²) in [6.07, 6.45) is 0. The number of hydrogen-bond donors (Lipinski definition) is 0.